The molecule has 182 valence electrons. The second-order valence-electron chi connectivity index (χ2n) is 10.9. The second-order valence-corrected chi connectivity index (χ2v) is 10.9. The molecule has 3 heterocycles. The van der Waals surface area contributed by atoms with E-state index in [0.717, 1.165) is 37.0 Å². The highest BCUT2D eigenvalue weighted by Crippen LogP contribution is 2.43. The molecular weight excluding hydrogens is 428 g/mol. The molecule has 3 saturated heterocycles. The topological polar surface area (TPSA) is 75.6 Å². The van der Waals surface area contributed by atoms with Crippen molar-refractivity contribution in [3.05, 3.63) is 71.8 Å². The quantitative estimate of drug-likeness (QED) is 0.609. The van der Waals surface area contributed by atoms with Gasteiger partial charge in [0, 0.05) is 12.8 Å². The molecule has 0 aromatic heterocycles. The first-order valence-electron chi connectivity index (χ1n) is 12.3. The van der Waals surface area contributed by atoms with Gasteiger partial charge < -0.3 is 19.6 Å². The Morgan fingerprint density at radius 1 is 0.971 bits per heavy atom. The zero-order chi connectivity index (χ0) is 24.4. The number of fused-ring (bicyclic) bond motifs is 3. The maximum absolute atomic E-state index is 14.1. The van der Waals surface area contributed by atoms with Gasteiger partial charge in [0.05, 0.1) is 38.6 Å². The summed E-state index contributed by atoms with van der Waals surface area (Å²) in [6, 6.07) is 18.6. The first-order chi connectivity index (χ1) is 16.1. The minimum absolute atomic E-state index is 0.114. The smallest absolute Gasteiger partial charge is 0.407 e. The molecule has 2 bridgehead atoms. The van der Waals surface area contributed by atoms with Crippen LogP contribution in [0.4, 0.5) is 4.79 Å². The Kier molecular flexibility index (Phi) is 6.83. The zero-order valence-electron chi connectivity index (χ0n) is 20.5. The minimum Gasteiger partial charge on any atom is -0.444 e. The van der Waals surface area contributed by atoms with Gasteiger partial charge in [0.25, 0.3) is 0 Å². The number of piperidine rings is 3. The predicted molar refractivity (Wildman–Crippen MR) is 131 cm³/mol. The van der Waals surface area contributed by atoms with E-state index in [1.165, 1.54) is 0 Å². The van der Waals surface area contributed by atoms with Crippen LogP contribution in [0.15, 0.2) is 60.7 Å². The van der Waals surface area contributed by atoms with Crippen LogP contribution in [-0.4, -0.2) is 59.8 Å². The summed E-state index contributed by atoms with van der Waals surface area (Å²) in [5.41, 5.74) is -0.983. The number of nitrogens with zero attached hydrogens (tertiary/aromatic N) is 1. The van der Waals surface area contributed by atoms with Crippen LogP contribution in [0.5, 0.6) is 0 Å². The lowest BCUT2D eigenvalue weighted by Crippen LogP contribution is -2.66. The standard InChI is InChI=1S/C28H36N2O4/c1-27(2,3)34-26(32)29-16-19-30-17-14-21(15-18-30)24(20-30)25(31)28(33,22-10-6-4-7-11-22)23-12-8-5-9-13-23/h4-13,21,24,33H,14-20H2,1-3H3/p+1. The number of ketones is 1. The van der Waals surface area contributed by atoms with Gasteiger partial charge >= 0.3 is 6.09 Å². The van der Waals surface area contributed by atoms with Crippen LogP contribution in [0.25, 0.3) is 0 Å². The monoisotopic (exact) mass is 465 g/mol. The Hall–Kier alpha value is -2.70. The van der Waals surface area contributed by atoms with Gasteiger partial charge in [-0.1, -0.05) is 60.7 Å². The molecule has 34 heavy (non-hydrogen) atoms. The summed E-state index contributed by atoms with van der Waals surface area (Å²) in [5, 5.41) is 14.9. The van der Waals surface area contributed by atoms with Gasteiger partial charge in [-0.2, -0.15) is 0 Å². The van der Waals surface area contributed by atoms with E-state index in [1.807, 2.05) is 81.4 Å². The van der Waals surface area contributed by atoms with Gasteiger partial charge in [0.1, 0.15) is 5.60 Å². The molecule has 0 spiro atoms. The van der Waals surface area contributed by atoms with Crippen molar-refractivity contribution in [3.63, 3.8) is 0 Å². The molecule has 2 N–H and O–H groups in total. The van der Waals surface area contributed by atoms with Gasteiger partial charge in [-0.3, -0.25) is 4.79 Å². The van der Waals surface area contributed by atoms with E-state index in [2.05, 4.69) is 5.32 Å². The zero-order valence-corrected chi connectivity index (χ0v) is 20.5. The maximum atomic E-state index is 14.1. The molecule has 1 atom stereocenters. The highest BCUT2D eigenvalue weighted by atomic mass is 16.6. The van der Waals surface area contributed by atoms with Crippen LogP contribution in [0, 0.1) is 11.8 Å². The van der Waals surface area contributed by atoms with E-state index < -0.39 is 17.3 Å². The lowest BCUT2D eigenvalue weighted by molar-refractivity contribution is -0.944. The fourth-order valence-corrected chi connectivity index (χ4v) is 5.69. The first-order valence-corrected chi connectivity index (χ1v) is 12.3. The normalized spacial score (nSPS) is 24.5. The van der Waals surface area contributed by atoms with Gasteiger partial charge in [-0.25, -0.2) is 4.79 Å². The molecular formula is C28H37N2O4+. The van der Waals surface area contributed by atoms with Crippen molar-refractivity contribution in [1.29, 1.82) is 0 Å². The molecule has 1 unspecified atom stereocenters. The van der Waals surface area contributed by atoms with E-state index in [0.29, 0.717) is 24.2 Å². The number of carbonyl (C=O) groups excluding carboxylic acids is 2. The van der Waals surface area contributed by atoms with Crippen molar-refractivity contribution in [3.8, 4) is 0 Å². The van der Waals surface area contributed by atoms with Crippen LogP contribution in [0.2, 0.25) is 0 Å². The van der Waals surface area contributed by atoms with Gasteiger partial charge in [0.2, 0.25) is 0 Å². The molecule has 3 aliphatic heterocycles. The van der Waals surface area contributed by atoms with Crippen molar-refractivity contribution >= 4 is 11.9 Å². The molecule has 2 aromatic carbocycles. The summed E-state index contributed by atoms with van der Waals surface area (Å²) in [5.74, 6) is -0.0587. The third-order valence-corrected chi connectivity index (χ3v) is 7.43. The Balaban J connectivity index is 1.53. The van der Waals surface area contributed by atoms with Crippen LogP contribution < -0.4 is 5.32 Å². The molecule has 0 aliphatic carbocycles. The highest BCUT2D eigenvalue weighted by Gasteiger charge is 2.53. The van der Waals surface area contributed by atoms with Gasteiger partial charge in [-0.05, 0) is 37.8 Å². The molecule has 1 amide bonds. The number of aliphatic hydroxyl groups is 1. The SMILES string of the molecule is CC(C)(C)OC(=O)NCC[N+]12CCC(CC1)C(C(=O)C(O)(c1ccccc1)c1ccccc1)C2. The number of Topliss-reactive ketones (excluding diaryl/α,β-unsaturated/α-hetero) is 1. The van der Waals surface area contributed by atoms with Gasteiger partial charge in [0.15, 0.2) is 11.4 Å². The van der Waals surface area contributed by atoms with Crippen LogP contribution in [0.1, 0.15) is 44.7 Å². The van der Waals surface area contributed by atoms with Crippen molar-refractivity contribution < 1.29 is 23.9 Å². The second kappa shape index (κ2) is 9.51. The highest BCUT2D eigenvalue weighted by molar-refractivity contribution is 5.94. The number of hydrogen-bond acceptors (Lipinski definition) is 4. The number of benzene rings is 2. The summed E-state index contributed by atoms with van der Waals surface area (Å²) >= 11 is 0. The van der Waals surface area contributed by atoms with Crippen molar-refractivity contribution in [2.45, 2.75) is 44.8 Å². The molecule has 6 nitrogen and oxygen atoms in total. The number of ether oxygens (including phenoxy) is 1. The van der Waals surface area contributed by atoms with E-state index in [4.69, 9.17) is 4.74 Å². The molecule has 3 fully saturated rings. The molecule has 0 radical (unpaired) electrons. The van der Waals surface area contributed by atoms with Gasteiger partial charge in [-0.15, -0.1) is 0 Å². The summed E-state index contributed by atoms with van der Waals surface area (Å²) in [6.45, 7) is 9.50. The average Bonchev–Trinajstić information content (AvgIpc) is 2.83. The van der Waals surface area contributed by atoms with Crippen LogP contribution in [0.3, 0.4) is 0 Å². The summed E-state index contributed by atoms with van der Waals surface area (Å²) in [4.78, 5) is 26.2. The molecule has 6 heteroatoms. The van der Waals surface area contributed by atoms with E-state index in [1.54, 1.807) is 0 Å². The Bertz CT molecular complexity index is 953. The number of hydrogen-bond donors (Lipinski definition) is 2. The fraction of sp³-hybridized carbons (Fsp3) is 0.500. The summed E-state index contributed by atoms with van der Waals surface area (Å²) in [7, 11) is 0. The minimum atomic E-state index is -1.68. The lowest BCUT2D eigenvalue weighted by atomic mass is 9.68. The maximum Gasteiger partial charge on any atom is 0.407 e. The number of amides is 1. The third kappa shape index (κ3) is 5.03. The fourth-order valence-electron chi connectivity index (χ4n) is 5.69. The number of quaternary nitrogens is 1. The predicted octanol–water partition coefficient (Wildman–Crippen LogP) is 3.87. The molecule has 5 rings (SSSR count). The number of carbonyl (C=O) groups is 2. The number of nitrogens with one attached hydrogen (secondary N) is 1. The van der Waals surface area contributed by atoms with E-state index in [-0.39, 0.29) is 17.6 Å². The van der Waals surface area contributed by atoms with E-state index in [9.17, 15) is 14.7 Å². The van der Waals surface area contributed by atoms with Crippen LogP contribution in [-0.2, 0) is 15.1 Å². The van der Waals surface area contributed by atoms with Crippen molar-refractivity contribution in [1.82, 2.24) is 5.32 Å². The number of alkyl carbamates (subject to hydrolysis) is 1. The van der Waals surface area contributed by atoms with Crippen LogP contribution >= 0.6 is 0 Å². The molecule has 0 saturated carbocycles. The molecule has 3 aliphatic rings. The Labute approximate surface area is 202 Å². The number of rotatable bonds is 7. The average molecular weight is 466 g/mol. The summed E-state index contributed by atoms with van der Waals surface area (Å²) < 4.78 is 6.16. The Morgan fingerprint density at radius 2 is 1.50 bits per heavy atom. The largest absolute Gasteiger partial charge is 0.444 e. The first kappa shape index (κ1) is 24.4. The summed E-state index contributed by atoms with van der Waals surface area (Å²) in [6.07, 6.45) is 1.51. The lowest BCUT2D eigenvalue weighted by Gasteiger charge is -2.53. The Morgan fingerprint density at radius 3 is 2.00 bits per heavy atom. The molecule has 2 aromatic rings. The van der Waals surface area contributed by atoms with Crippen molar-refractivity contribution in [2.24, 2.45) is 11.8 Å². The van der Waals surface area contributed by atoms with E-state index >= 15 is 0 Å². The van der Waals surface area contributed by atoms with Crippen molar-refractivity contribution in [2.75, 3.05) is 32.7 Å². The third-order valence-electron chi connectivity index (χ3n) is 7.43.